The van der Waals surface area contributed by atoms with Gasteiger partial charge in [-0.15, -0.1) is 0 Å². The first-order valence-electron chi connectivity index (χ1n) is 25.8. The van der Waals surface area contributed by atoms with E-state index in [0.717, 1.165) is 36.8 Å². The lowest BCUT2D eigenvalue weighted by Gasteiger charge is -2.25. The molecule has 0 aromatic heterocycles. The van der Waals surface area contributed by atoms with Crippen molar-refractivity contribution in [3.8, 4) is 22.6 Å². The van der Waals surface area contributed by atoms with Crippen LogP contribution in [0.2, 0.25) is 0 Å². The third-order valence-electron chi connectivity index (χ3n) is 11.6. The molecule has 5 N–H and O–H groups in total. The van der Waals surface area contributed by atoms with E-state index in [-0.39, 0.29) is 52.0 Å². The third-order valence-corrected chi connectivity index (χ3v) is 11.6. The summed E-state index contributed by atoms with van der Waals surface area (Å²) in [5, 5.41) is 21.0. The van der Waals surface area contributed by atoms with Gasteiger partial charge in [0.1, 0.15) is 55.0 Å². The van der Waals surface area contributed by atoms with Crippen LogP contribution in [0.4, 0.5) is 14.4 Å². The van der Waals surface area contributed by atoms with Crippen LogP contribution in [0.1, 0.15) is 101 Å². The number of aliphatic carboxylic acids is 1. The van der Waals surface area contributed by atoms with E-state index in [0.29, 0.717) is 52.5 Å². The van der Waals surface area contributed by atoms with Gasteiger partial charge < -0.3 is 54.8 Å². The molecule has 0 heterocycles. The molecule has 0 aliphatic heterocycles. The predicted molar refractivity (Wildman–Crippen MR) is 286 cm³/mol. The Bertz CT molecular complexity index is 2630. The molecular weight excluding hydrogens is 973 g/mol. The Kier molecular flexibility index (Phi) is 24.0. The molecule has 0 radical (unpaired) electrons. The molecule has 5 rings (SSSR count). The van der Waals surface area contributed by atoms with Crippen LogP contribution in [0.15, 0.2) is 127 Å². The SMILES string of the molecule is CCCCOc1ccc(-c2ccc(OCCCC)c(C[C@H](NC(=O)[C@H](CCCNC(=O)OCc3ccccc3)NC(=O)OC(C)(C)C)C(=O)OCc3ccccc3)c2)cc1C[C@H](NC(=O)OCc1ccccc1)C(=O)O. The third kappa shape index (κ3) is 21.0. The average molecular weight is 1050 g/mol. The van der Waals surface area contributed by atoms with E-state index in [4.69, 9.17) is 28.4 Å². The zero-order valence-corrected chi connectivity index (χ0v) is 44.1. The van der Waals surface area contributed by atoms with Gasteiger partial charge in [-0.1, -0.05) is 130 Å². The fourth-order valence-electron chi connectivity index (χ4n) is 7.60. The molecule has 0 saturated heterocycles. The monoisotopic (exact) mass is 1040 g/mol. The highest BCUT2D eigenvalue weighted by molar-refractivity contribution is 5.90. The fourth-order valence-corrected chi connectivity index (χ4v) is 7.60. The van der Waals surface area contributed by atoms with Gasteiger partial charge in [-0.05, 0) is 110 Å². The van der Waals surface area contributed by atoms with Gasteiger partial charge in [0.2, 0.25) is 5.91 Å². The number of carboxylic acids is 1. The molecular formula is C59H72N4O13. The Hall–Kier alpha value is -8.08. The number of esters is 1. The van der Waals surface area contributed by atoms with E-state index in [1.165, 1.54) is 0 Å². The highest BCUT2D eigenvalue weighted by atomic mass is 16.6. The summed E-state index contributed by atoms with van der Waals surface area (Å²) in [5.41, 5.74) is 3.71. The molecule has 17 heteroatoms. The summed E-state index contributed by atoms with van der Waals surface area (Å²) in [6.45, 7) is 9.88. The molecule has 0 bridgehead atoms. The normalized spacial score (nSPS) is 12.2. The smallest absolute Gasteiger partial charge is 0.408 e. The minimum atomic E-state index is -1.38. The molecule has 5 aromatic rings. The van der Waals surface area contributed by atoms with Gasteiger partial charge in [0, 0.05) is 19.4 Å². The maximum atomic E-state index is 14.4. The van der Waals surface area contributed by atoms with Crippen LogP contribution < -0.4 is 30.7 Å². The summed E-state index contributed by atoms with van der Waals surface area (Å²) < 4.78 is 34.5. The molecule has 4 amide bonds. The molecule has 0 aliphatic rings. The standard InChI is InChI=1S/C59H72N4O13/c1-6-8-32-71-51-29-27-44(34-46(51)36-49(54(65)66)63-57(69)75-40-43-24-17-12-18-25-43)45-28-30-52(72-33-9-7-2)47(35-45)37-50(55(67)73-38-41-20-13-10-14-21-41)61-53(64)48(62-58(70)76-59(3,4)5)26-19-31-60-56(68)74-39-42-22-15-11-16-23-42/h10-18,20-25,27-30,34-35,48-50H,6-9,19,26,31-33,36-40H2,1-5H3,(H,60,68)(H,61,64)(H,62,70)(H,63,69)(H,65,66)/t48-,49-,50-/m0/s1. The number of alkyl carbamates (subject to hydrolysis) is 3. The summed E-state index contributed by atoms with van der Waals surface area (Å²) in [7, 11) is 0. The number of rotatable bonds is 29. The molecule has 0 spiro atoms. The first-order chi connectivity index (χ1) is 36.6. The van der Waals surface area contributed by atoms with Crippen molar-refractivity contribution in [1.82, 2.24) is 21.3 Å². The number of benzene rings is 5. The second kappa shape index (κ2) is 31.0. The second-order valence-electron chi connectivity index (χ2n) is 19.0. The van der Waals surface area contributed by atoms with Crippen molar-refractivity contribution in [2.45, 2.75) is 130 Å². The zero-order chi connectivity index (χ0) is 54.7. The van der Waals surface area contributed by atoms with Crippen LogP contribution in [0.3, 0.4) is 0 Å². The minimum Gasteiger partial charge on any atom is -0.493 e. The molecule has 0 unspecified atom stereocenters. The maximum Gasteiger partial charge on any atom is 0.408 e. The van der Waals surface area contributed by atoms with E-state index >= 15 is 0 Å². The number of carboxylic acid groups (broad SMARTS) is 1. The van der Waals surface area contributed by atoms with Gasteiger partial charge in [-0.3, -0.25) is 4.79 Å². The molecule has 0 aliphatic carbocycles. The van der Waals surface area contributed by atoms with Gasteiger partial charge in [-0.25, -0.2) is 24.0 Å². The summed E-state index contributed by atoms with van der Waals surface area (Å²) in [6.07, 6.45) is 0.774. The Balaban J connectivity index is 1.44. The van der Waals surface area contributed by atoms with Crippen molar-refractivity contribution >= 4 is 36.1 Å². The van der Waals surface area contributed by atoms with Crippen molar-refractivity contribution in [1.29, 1.82) is 0 Å². The summed E-state index contributed by atoms with van der Waals surface area (Å²) in [5.74, 6) is -1.85. The Morgan fingerprint density at radius 2 is 0.987 bits per heavy atom. The van der Waals surface area contributed by atoms with Crippen LogP contribution in [0.5, 0.6) is 11.5 Å². The van der Waals surface area contributed by atoms with Gasteiger partial charge in [0.25, 0.3) is 0 Å². The van der Waals surface area contributed by atoms with E-state index in [1.807, 2.05) is 86.6 Å². The highest BCUT2D eigenvalue weighted by Crippen LogP contribution is 2.32. The van der Waals surface area contributed by atoms with E-state index in [1.54, 1.807) is 75.4 Å². The number of nitrogens with one attached hydrogen (secondary N) is 4. The van der Waals surface area contributed by atoms with Crippen molar-refractivity contribution in [2.24, 2.45) is 0 Å². The van der Waals surface area contributed by atoms with E-state index in [2.05, 4.69) is 21.3 Å². The topological polar surface area (TPSA) is 226 Å². The van der Waals surface area contributed by atoms with Crippen molar-refractivity contribution in [3.63, 3.8) is 0 Å². The maximum absolute atomic E-state index is 14.4. The van der Waals surface area contributed by atoms with Gasteiger partial charge >= 0.3 is 30.2 Å². The van der Waals surface area contributed by atoms with Crippen molar-refractivity contribution in [3.05, 3.63) is 155 Å². The summed E-state index contributed by atoms with van der Waals surface area (Å²) in [6, 6.07) is 34.2. The second-order valence-corrected chi connectivity index (χ2v) is 19.0. The highest BCUT2D eigenvalue weighted by Gasteiger charge is 2.31. The molecule has 0 fully saturated rings. The molecule has 5 aromatic carbocycles. The summed E-state index contributed by atoms with van der Waals surface area (Å²) in [4.78, 5) is 80.1. The van der Waals surface area contributed by atoms with E-state index in [9.17, 15) is 33.9 Å². The average Bonchev–Trinajstić information content (AvgIpc) is 3.40. The van der Waals surface area contributed by atoms with Crippen LogP contribution in [0, 0.1) is 0 Å². The summed E-state index contributed by atoms with van der Waals surface area (Å²) >= 11 is 0. The van der Waals surface area contributed by atoms with Crippen LogP contribution in [-0.4, -0.2) is 84.7 Å². The van der Waals surface area contributed by atoms with Crippen molar-refractivity contribution < 1.29 is 62.3 Å². The van der Waals surface area contributed by atoms with Gasteiger partial charge in [0.15, 0.2) is 0 Å². The number of carbonyl (C=O) groups excluding carboxylic acids is 5. The minimum absolute atomic E-state index is 0.0320. The Morgan fingerprint density at radius 3 is 1.46 bits per heavy atom. The molecule has 17 nitrogen and oxygen atoms in total. The number of ether oxygens (including phenoxy) is 6. The number of hydrogen-bond acceptors (Lipinski definition) is 12. The fraction of sp³-hybridized carbons (Fsp3) is 0.390. The predicted octanol–water partition coefficient (Wildman–Crippen LogP) is 10.0. The largest absolute Gasteiger partial charge is 0.493 e. The lowest BCUT2D eigenvalue weighted by atomic mass is 9.95. The molecule has 0 saturated carbocycles. The number of hydrogen-bond donors (Lipinski definition) is 5. The number of carbonyl (C=O) groups is 6. The van der Waals surface area contributed by atoms with Crippen LogP contribution in [0.25, 0.3) is 11.1 Å². The molecule has 406 valence electrons. The van der Waals surface area contributed by atoms with E-state index < -0.39 is 59.9 Å². The molecule has 3 atom stereocenters. The lowest BCUT2D eigenvalue weighted by molar-refractivity contribution is -0.149. The van der Waals surface area contributed by atoms with Crippen LogP contribution in [-0.2, 0) is 66.0 Å². The lowest BCUT2D eigenvalue weighted by Crippen LogP contribution is -2.53. The van der Waals surface area contributed by atoms with Crippen molar-refractivity contribution in [2.75, 3.05) is 19.8 Å². The molecule has 76 heavy (non-hydrogen) atoms. The Labute approximate surface area is 445 Å². The first kappa shape index (κ1) is 58.8. The number of amides is 4. The first-order valence-corrected chi connectivity index (χ1v) is 25.8. The number of unbranched alkanes of at least 4 members (excludes halogenated alkanes) is 2. The van der Waals surface area contributed by atoms with Gasteiger partial charge in [-0.2, -0.15) is 0 Å². The Morgan fingerprint density at radius 1 is 0.526 bits per heavy atom. The quantitative estimate of drug-likeness (QED) is 0.0171. The van der Waals surface area contributed by atoms with Gasteiger partial charge in [0.05, 0.1) is 13.2 Å². The van der Waals surface area contributed by atoms with Crippen LogP contribution >= 0.6 is 0 Å². The zero-order valence-electron chi connectivity index (χ0n) is 44.1.